The predicted molar refractivity (Wildman–Crippen MR) is 72.8 cm³/mol. The Labute approximate surface area is 110 Å². The summed E-state index contributed by atoms with van der Waals surface area (Å²) in [5, 5.41) is 0. The molecule has 1 aromatic heterocycles. The molecule has 1 amide bonds. The van der Waals surface area contributed by atoms with Crippen molar-refractivity contribution in [3.63, 3.8) is 0 Å². The smallest absolute Gasteiger partial charge is 0.263 e. The summed E-state index contributed by atoms with van der Waals surface area (Å²) in [7, 11) is 3.20. The SMILES string of the molecule is COc1ccc(N(C)C(=O)c2c[nH]ccc2=O)cc1. The van der Waals surface area contributed by atoms with Crippen molar-refractivity contribution in [3.8, 4) is 5.75 Å². The van der Waals surface area contributed by atoms with Crippen LogP contribution in [0.4, 0.5) is 5.69 Å². The molecule has 0 aliphatic heterocycles. The monoisotopic (exact) mass is 258 g/mol. The second-order valence-electron chi connectivity index (χ2n) is 3.98. The molecule has 0 unspecified atom stereocenters. The van der Waals surface area contributed by atoms with E-state index in [0.717, 1.165) is 0 Å². The standard InChI is InChI=1S/C14H14N2O3/c1-16(10-3-5-11(19-2)6-4-10)14(18)12-9-15-8-7-13(12)17/h3-9H,1-2H3,(H,15,17). The first-order valence-electron chi connectivity index (χ1n) is 5.72. The average Bonchev–Trinajstić information content (AvgIpc) is 2.46. The molecule has 1 heterocycles. The third kappa shape index (κ3) is 2.65. The molecule has 0 fully saturated rings. The Bertz CT molecular complexity index is 632. The lowest BCUT2D eigenvalue weighted by Gasteiger charge is -2.17. The van der Waals surface area contributed by atoms with Gasteiger partial charge in [0.05, 0.1) is 7.11 Å². The summed E-state index contributed by atoms with van der Waals surface area (Å²) in [6.45, 7) is 0. The molecule has 0 saturated carbocycles. The van der Waals surface area contributed by atoms with Crippen LogP contribution in [0.15, 0.2) is 47.5 Å². The van der Waals surface area contributed by atoms with Crippen molar-refractivity contribution in [1.82, 2.24) is 4.98 Å². The number of nitrogens with one attached hydrogen (secondary N) is 1. The van der Waals surface area contributed by atoms with Gasteiger partial charge >= 0.3 is 0 Å². The minimum absolute atomic E-state index is 0.112. The average molecular weight is 258 g/mol. The number of aromatic amines is 1. The third-order valence-electron chi connectivity index (χ3n) is 2.82. The first kappa shape index (κ1) is 12.9. The molecule has 19 heavy (non-hydrogen) atoms. The fourth-order valence-electron chi connectivity index (χ4n) is 1.69. The van der Waals surface area contributed by atoms with Crippen LogP contribution in [0.1, 0.15) is 10.4 Å². The number of methoxy groups -OCH3 is 1. The molecule has 0 spiro atoms. The van der Waals surface area contributed by atoms with Gasteiger partial charge in [-0.25, -0.2) is 0 Å². The fraction of sp³-hybridized carbons (Fsp3) is 0.143. The van der Waals surface area contributed by atoms with Crippen LogP contribution in [0.25, 0.3) is 0 Å². The molecular weight excluding hydrogens is 244 g/mol. The van der Waals surface area contributed by atoms with Crippen LogP contribution in [-0.4, -0.2) is 25.0 Å². The van der Waals surface area contributed by atoms with Gasteiger partial charge < -0.3 is 14.6 Å². The number of carbonyl (C=O) groups excluding carboxylic acids is 1. The van der Waals surface area contributed by atoms with E-state index in [9.17, 15) is 9.59 Å². The second kappa shape index (κ2) is 5.39. The molecule has 0 saturated heterocycles. The van der Waals surface area contributed by atoms with Gasteiger partial charge in [0.25, 0.3) is 5.91 Å². The van der Waals surface area contributed by atoms with Crippen LogP contribution in [0.5, 0.6) is 5.75 Å². The minimum atomic E-state index is -0.355. The lowest BCUT2D eigenvalue weighted by Crippen LogP contribution is -2.30. The van der Waals surface area contributed by atoms with E-state index in [1.807, 2.05) is 0 Å². The summed E-state index contributed by atoms with van der Waals surface area (Å²) < 4.78 is 5.05. The number of amides is 1. The molecule has 0 bridgehead atoms. The Hall–Kier alpha value is -2.56. The van der Waals surface area contributed by atoms with Crippen molar-refractivity contribution in [1.29, 1.82) is 0 Å². The van der Waals surface area contributed by atoms with E-state index in [-0.39, 0.29) is 16.9 Å². The topological polar surface area (TPSA) is 62.4 Å². The molecule has 1 aromatic carbocycles. The van der Waals surface area contributed by atoms with Crippen LogP contribution in [0.2, 0.25) is 0 Å². The number of rotatable bonds is 3. The maximum Gasteiger partial charge on any atom is 0.263 e. The van der Waals surface area contributed by atoms with Crippen molar-refractivity contribution in [2.75, 3.05) is 19.1 Å². The van der Waals surface area contributed by atoms with E-state index in [0.29, 0.717) is 11.4 Å². The van der Waals surface area contributed by atoms with E-state index < -0.39 is 0 Å². The van der Waals surface area contributed by atoms with Crippen LogP contribution in [-0.2, 0) is 0 Å². The van der Waals surface area contributed by atoms with Gasteiger partial charge in [0.15, 0.2) is 5.43 Å². The maximum absolute atomic E-state index is 12.2. The Kier molecular flexibility index (Phi) is 3.66. The lowest BCUT2D eigenvalue weighted by atomic mass is 10.2. The van der Waals surface area contributed by atoms with Crippen LogP contribution < -0.4 is 15.1 Å². The van der Waals surface area contributed by atoms with E-state index in [2.05, 4.69) is 4.98 Å². The van der Waals surface area contributed by atoms with Crippen LogP contribution in [0, 0.1) is 0 Å². The molecule has 1 N–H and O–H groups in total. The summed E-state index contributed by atoms with van der Waals surface area (Å²) in [5.41, 5.74) is 0.499. The second-order valence-corrected chi connectivity index (χ2v) is 3.98. The number of aromatic nitrogens is 1. The van der Waals surface area contributed by atoms with Crippen LogP contribution >= 0.6 is 0 Å². The number of carbonyl (C=O) groups is 1. The molecule has 5 nitrogen and oxygen atoms in total. The molecule has 2 aromatic rings. The van der Waals surface area contributed by atoms with E-state index in [1.165, 1.54) is 23.4 Å². The fourth-order valence-corrected chi connectivity index (χ4v) is 1.69. The number of hydrogen-bond donors (Lipinski definition) is 1. The highest BCUT2D eigenvalue weighted by atomic mass is 16.5. The zero-order chi connectivity index (χ0) is 13.8. The number of hydrogen-bond acceptors (Lipinski definition) is 3. The first-order chi connectivity index (χ1) is 9.13. The van der Waals surface area contributed by atoms with Crippen molar-refractivity contribution < 1.29 is 9.53 Å². The van der Waals surface area contributed by atoms with E-state index in [1.54, 1.807) is 38.4 Å². The number of ether oxygens (including phenoxy) is 1. The van der Waals surface area contributed by atoms with Crippen molar-refractivity contribution in [2.45, 2.75) is 0 Å². The molecule has 2 rings (SSSR count). The lowest BCUT2D eigenvalue weighted by molar-refractivity contribution is 0.0991. The van der Waals surface area contributed by atoms with Gasteiger partial charge in [0, 0.05) is 31.2 Å². The van der Waals surface area contributed by atoms with Gasteiger partial charge in [-0.05, 0) is 24.3 Å². The van der Waals surface area contributed by atoms with E-state index in [4.69, 9.17) is 4.74 Å². The van der Waals surface area contributed by atoms with Gasteiger partial charge in [-0.15, -0.1) is 0 Å². The van der Waals surface area contributed by atoms with Gasteiger partial charge in [-0.2, -0.15) is 0 Å². The number of pyridine rings is 1. The number of anilines is 1. The molecule has 0 aliphatic carbocycles. The van der Waals surface area contributed by atoms with Crippen molar-refractivity contribution in [2.24, 2.45) is 0 Å². The van der Waals surface area contributed by atoms with Crippen molar-refractivity contribution >= 4 is 11.6 Å². The van der Waals surface area contributed by atoms with Crippen molar-refractivity contribution in [3.05, 3.63) is 58.5 Å². The highest BCUT2D eigenvalue weighted by Crippen LogP contribution is 2.19. The van der Waals surface area contributed by atoms with E-state index >= 15 is 0 Å². The quantitative estimate of drug-likeness (QED) is 0.910. The van der Waals surface area contributed by atoms with Gasteiger partial charge in [0.1, 0.15) is 11.3 Å². The zero-order valence-electron chi connectivity index (χ0n) is 10.7. The van der Waals surface area contributed by atoms with Gasteiger partial charge in [-0.3, -0.25) is 9.59 Å². The predicted octanol–water partition coefficient (Wildman–Crippen LogP) is 1.66. The molecule has 0 aliphatic rings. The molecular formula is C14H14N2O3. The molecule has 5 heteroatoms. The summed E-state index contributed by atoms with van der Waals surface area (Å²) >= 11 is 0. The highest BCUT2D eigenvalue weighted by Gasteiger charge is 2.16. The maximum atomic E-state index is 12.2. The largest absolute Gasteiger partial charge is 0.497 e. The zero-order valence-corrected chi connectivity index (χ0v) is 10.7. The summed E-state index contributed by atoms with van der Waals surface area (Å²) in [6.07, 6.45) is 2.90. The molecule has 0 atom stereocenters. The Morgan fingerprint density at radius 3 is 2.47 bits per heavy atom. The van der Waals surface area contributed by atoms with Gasteiger partial charge in [0.2, 0.25) is 0 Å². The summed E-state index contributed by atoms with van der Waals surface area (Å²) in [6, 6.07) is 8.36. The van der Waals surface area contributed by atoms with Crippen LogP contribution in [0.3, 0.4) is 0 Å². The number of benzene rings is 1. The summed E-state index contributed by atoms with van der Waals surface area (Å²) in [5.74, 6) is 0.356. The minimum Gasteiger partial charge on any atom is -0.497 e. The Balaban J connectivity index is 2.28. The Morgan fingerprint density at radius 2 is 1.89 bits per heavy atom. The molecule has 98 valence electrons. The number of H-pyrrole nitrogens is 1. The normalized spacial score (nSPS) is 10.0. The Morgan fingerprint density at radius 1 is 1.21 bits per heavy atom. The van der Waals surface area contributed by atoms with Gasteiger partial charge in [-0.1, -0.05) is 0 Å². The summed E-state index contributed by atoms with van der Waals surface area (Å²) in [4.78, 5) is 28.0. The highest BCUT2D eigenvalue weighted by molar-refractivity contribution is 6.05. The third-order valence-corrected chi connectivity index (χ3v) is 2.82. The molecule has 0 radical (unpaired) electrons. The number of nitrogens with zero attached hydrogens (tertiary/aromatic N) is 1. The first-order valence-corrected chi connectivity index (χ1v) is 5.72.